The Hall–Kier alpha value is -2.69. The van der Waals surface area contributed by atoms with Gasteiger partial charge in [-0.15, -0.1) is 0 Å². The Labute approximate surface area is 203 Å². The van der Waals surface area contributed by atoms with Crippen LogP contribution in [0.4, 0.5) is 10.5 Å². The van der Waals surface area contributed by atoms with E-state index in [9.17, 15) is 4.79 Å². The summed E-state index contributed by atoms with van der Waals surface area (Å²) in [6.07, 6.45) is 9.77. The number of unbranched alkanes of at least 4 members (excludes halogenated alkanes) is 1. The van der Waals surface area contributed by atoms with Crippen molar-refractivity contribution in [3.63, 3.8) is 0 Å². The van der Waals surface area contributed by atoms with Gasteiger partial charge in [-0.05, 0) is 73.3 Å². The van der Waals surface area contributed by atoms with Crippen molar-refractivity contribution in [2.24, 2.45) is 5.92 Å². The minimum atomic E-state index is -0.175. The Morgan fingerprint density at radius 3 is 2.79 bits per heavy atom. The molecule has 1 heterocycles. The molecule has 2 aromatic carbocycles. The van der Waals surface area contributed by atoms with Gasteiger partial charge in [0.2, 0.25) is 0 Å². The van der Waals surface area contributed by atoms with Gasteiger partial charge in [-0.1, -0.05) is 56.5 Å². The molecule has 0 radical (unpaired) electrons. The number of nitrogens with two attached hydrogens (primary N) is 1. The Balaban J connectivity index is 1.44. The molecule has 5 rings (SSSR count). The highest BCUT2D eigenvalue weighted by Crippen LogP contribution is 2.56. The summed E-state index contributed by atoms with van der Waals surface area (Å²) in [5.41, 5.74) is 11.0. The van der Waals surface area contributed by atoms with E-state index in [1.165, 1.54) is 36.8 Å². The molecule has 2 aromatic rings. The van der Waals surface area contributed by atoms with Gasteiger partial charge in [0, 0.05) is 18.0 Å². The molecule has 1 saturated heterocycles. The molecule has 0 aromatic heterocycles. The summed E-state index contributed by atoms with van der Waals surface area (Å²) in [6, 6.07) is 14.5. The molecule has 2 bridgehead atoms. The average Bonchev–Trinajstić information content (AvgIpc) is 2.98. The van der Waals surface area contributed by atoms with Crippen LogP contribution in [-0.4, -0.2) is 30.2 Å². The topological polar surface area (TPSA) is 64.8 Å². The smallest absolute Gasteiger partial charge is 0.410 e. The zero-order chi connectivity index (χ0) is 23.5. The standard InChI is InChI=1S/C29H38N2O3/c1-2-3-16-33-27-19-24-22(17-25(27)30)18-26-23-12-7-8-13-29(23,24)14-9-15-31(26)28(32)34-20-21-10-5-4-6-11-21/h4-6,10-11,17,19,23,26H,2-3,7-9,12-16,18,20,30H2,1H3/t23?,26-,29-/m0/s1. The van der Waals surface area contributed by atoms with E-state index in [-0.39, 0.29) is 17.6 Å². The number of hydrogen-bond acceptors (Lipinski definition) is 4. The largest absolute Gasteiger partial charge is 0.491 e. The number of amides is 1. The van der Waals surface area contributed by atoms with Crippen LogP contribution in [0.5, 0.6) is 5.75 Å². The summed E-state index contributed by atoms with van der Waals surface area (Å²) < 4.78 is 11.9. The van der Waals surface area contributed by atoms with E-state index in [0.717, 1.165) is 55.6 Å². The number of anilines is 1. The zero-order valence-corrected chi connectivity index (χ0v) is 20.4. The van der Waals surface area contributed by atoms with Crippen LogP contribution < -0.4 is 10.5 Å². The molecule has 2 N–H and O–H groups in total. The molecule has 1 amide bonds. The summed E-state index contributed by atoms with van der Waals surface area (Å²) in [5, 5.41) is 0. The lowest BCUT2D eigenvalue weighted by Crippen LogP contribution is -2.54. The third-order valence-electron chi connectivity index (χ3n) is 8.38. The molecule has 3 atom stereocenters. The van der Waals surface area contributed by atoms with Crippen LogP contribution >= 0.6 is 0 Å². The quantitative estimate of drug-likeness (QED) is 0.408. The summed E-state index contributed by atoms with van der Waals surface area (Å²) in [5.74, 6) is 1.31. The highest BCUT2D eigenvalue weighted by atomic mass is 16.6. The Bertz CT molecular complexity index is 1010. The molecule has 182 valence electrons. The first kappa shape index (κ1) is 23.1. The summed E-state index contributed by atoms with van der Waals surface area (Å²) in [4.78, 5) is 15.4. The predicted octanol–water partition coefficient (Wildman–Crippen LogP) is 6.23. The number of likely N-dealkylation sites (tertiary alicyclic amines) is 1. The van der Waals surface area contributed by atoms with E-state index in [1.807, 2.05) is 35.2 Å². The Morgan fingerprint density at radius 1 is 1.15 bits per heavy atom. The van der Waals surface area contributed by atoms with Gasteiger partial charge in [-0.2, -0.15) is 0 Å². The second-order valence-electron chi connectivity index (χ2n) is 10.4. The first-order valence-corrected chi connectivity index (χ1v) is 13.2. The van der Waals surface area contributed by atoms with Gasteiger partial charge < -0.3 is 20.1 Å². The van der Waals surface area contributed by atoms with Crippen molar-refractivity contribution < 1.29 is 14.3 Å². The fourth-order valence-electron chi connectivity index (χ4n) is 6.79. The fourth-order valence-corrected chi connectivity index (χ4v) is 6.79. The van der Waals surface area contributed by atoms with Crippen molar-refractivity contribution in [3.05, 3.63) is 59.2 Å². The minimum absolute atomic E-state index is 0.113. The average molecular weight is 463 g/mol. The van der Waals surface area contributed by atoms with Crippen molar-refractivity contribution >= 4 is 11.8 Å². The second kappa shape index (κ2) is 9.89. The molecular weight excluding hydrogens is 424 g/mol. The molecule has 5 nitrogen and oxygen atoms in total. The van der Waals surface area contributed by atoms with Gasteiger partial charge in [0.25, 0.3) is 0 Å². The van der Waals surface area contributed by atoms with Crippen molar-refractivity contribution in [3.8, 4) is 5.75 Å². The fraction of sp³-hybridized carbons (Fsp3) is 0.552. The maximum atomic E-state index is 13.3. The van der Waals surface area contributed by atoms with E-state index in [1.54, 1.807) is 0 Å². The number of carbonyl (C=O) groups excluding carboxylic acids is 1. The van der Waals surface area contributed by atoms with Crippen molar-refractivity contribution in [2.45, 2.75) is 82.8 Å². The zero-order valence-electron chi connectivity index (χ0n) is 20.4. The number of nitrogen functional groups attached to an aromatic ring is 1. The highest BCUT2D eigenvalue weighted by Gasteiger charge is 2.53. The molecule has 2 fully saturated rings. The monoisotopic (exact) mass is 462 g/mol. The van der Waals surface area contributed by atoms with E-state index >= 15 is 0 Å². The lowest BCUT2D eigenvalue weighted by atomic mass is 9.54. The van der Waals surface area contributed by atoms with Gasteiger partial charge in [0.15, 0.2) is 0 Å². The van der Waals surface area contributed by atoms with Crippen LogP contribution in [-0.2, 0) is 23.2 Å². The van der Waals surface area contributed by atoms with E-state index in [4.69, 9.17) is 15.2 Å². The van der Waals surface area contributed by atoms with E-state index in [2.05, 4.69) is 19.1 Å². The normalized spacial score (nSPS) is 25.6. The maximum Gasteiger partial charge on any atom is 0.410 e. The lowest BCUT2D eigenvalue weighted by Gasteiger charge is -2.52. The first-order chi connectivity index (χ1) is 16.6. The van der Waals surface area contributed by atoms with Gasteiger partial charge >= 0.3 is 6.09 Å². The van der Waals surface area contributed by atoms with Crippen molar-refractivity contribution in [2.75, 3.05) is 18.9 Å². The molecule has 1 saturated carbocycles. The molecule has 0 spiro atoms. The molecule has 1 unspecified atom stereocenters. The number of fused-ring (bicyclic) bond motifs is 1. The minimum Gasteiger partial charge on any atom is -0.491 e. The van der Waals surface area contributed by atoms with Crippen LogP contribution in [0, 0.1) is 5.92 Å². The van der Waals surface area contributed by atoms with E-state index in [0.29, 0.717) is 19.1 Å². The van der Waals surface area contributed by atoms with Crippen molar-refractivity contribution in [1.29, 1.82) is 0 Å². The maximum absolute atomic E-state index is 13.3. The van der Waals surface area contributed by atoms with E-state index < -0.39 is 0 Å². The number of rotatable bonds is 6. The van der Waals surface area contributed by atoms with Gasteiger partial charge in [-0.25, -0.2) is 4.79 Å². The Morgan fingerprint density at radius 2 is 1.97 bits per heavy atom. The van der Waals surface area contributed by atoms with Crippen LogP contribution in [0.3, 0.4) is 0 Å². The van der Waals surface area contributed by atoms with Crippen LogP contribution in [0.15, 0.2) is 42.5 Å². The number of hydrogen-bond donors (Lipinski definition) is 1. The van der Waals surface area contributed by atoms with Crippen LogP contribution in [0.1, 0.15) is 75.0 Å². The second-order valence-corrected chi connectivity index (χ2v) is 10.4. The third kappa shape index (κ3) is 4.25. The molecule has 2 aliphatic carbocycles. The molecule has 5 heteroatoms. The Kier molecular flexibility index (Phi) is 6.71. The van der Waals surface area contributed by atoms with Crippen molar-refractivity contribution in [1.82, 2.24) is 4.90 Å². The predicted molar refractivity (Wildman–Crippen MR) is 135 cm³/mol. The SMILES string of the molecule is CCCCOc1cc2c(cc1N)C[C@H]1C3CCCC[C@@]23CCCN1C(=O)OCc1ccccc1. The molecular formula is C29H38N2O3. The summed E-state index contributed by atoms with van der Waals surface area (Å²) >= 11 is 0. The molecule has 3 aliphatic rings. The third-order valence-corrected chi connectivity index (χ3v) is 8.38. The van der Waals surface area contributed by atoms with Crippen LogP contribution in [0.25, 0.3) is 0 Å². The lowest BCUT2D eigenvalue weighted by molar-refractivity contribution is 0.0442. The number of ether oxygens (including phenoxy) is 2. The number of nitrogens with zero attached hydrogens (tertiary/aromatic N) is 1. The number of benzene rings is 2. The van der Waals surface area contributed by atoms with Gasteiger partial charge in [0.05, 0.1) is 12.3 Å². The summed E-state index contributed by atoms with van der Waals surface area (Å²) in [6.45, 7) is 3.97. The molecule has 1 aliphatic heterocycles. The molecule has 34 heavy (non-hydrogen) atoms. The summed E-state index contributed by atoms with van der Waals surface area (Å²) in [7, 11) is 0. The van der Waals surface area contributed by atoms with Gasteiger partial charge in [-0.3, -0.25) is 0 Å². The van der Waals surface area contributed by atoms with Gasteiger partial charge in [0.1, 0.15) is 12.4 Å². The van der Waals surface area contributed by atoms with Crippen LogP contribution in [0.2, 0.25) is 0 Å². The highest BCUT2D eigenvalue weighted by molar-refractivity contribution is 5.69. The first-order valence-electron chi connectivity index (χ1n) is 13.2. The number of carbonyl (C=O) groups is 1.